The third-order valence-electron chi connectivity index (χ3n) is 13.3. The van der Waals surface area contributed by atoms with E-state index in [4.69, 9.17) is 28.1 Å². The number of benzene rings is 1. The monoisotopic (exact) mass is 612 g/mol. The number of fused-ring (bicyclic) bond motifs is 7. The van der Waals surface area contributed by atoms with Crippen molar-refractivity contribution in [2.45, 2.75) is 115 Å². The smallest absolute Gasteiger partial charge is 0.310 e. The van der Waals surface area contributed by atoms with Crippen molar-refractivity contribution in [1.29, 1.82) is 0 Å². The Kier molecular flexibility index (Phi) is 7.41. The quantitative estimate of drug-likeness (QED) is 0.250. The molecule has 238 valence electrons. The first-order chi connectivity index (χ1) is 20.4. The minimum atomic E-state index is -1.88. The first-order valence-corrected chi connectivity index (χ1v) is 19.6. The molecule has 2 saturated heterocycles. The topological polar surface area (TPSA) is 72.5 Å². The van der Waals surface area contributed by atoms with Gasteiger partial charge >= 0.3 is 5.97 Å². The number of methoxy groups -OCH3 is 2. The number of hydrogen-bond acceptors (Lipinski definition) is 7. The molecule has 43 heavy (non-hydrogen) atoms. The van der Waals surface area contributed by atoms with Crippen molar-refractivity contribution in [1.82, 2.24) is 0 Å². The molecule has 11 atom stereocenters. The van der Waals surface area contributed by atoms with E-state index >= 15 is 0 Å². The lowest BCUT2D eigenvalue weighted by Gasteiger charge is -2.60. The number of esters is 1. The van der Waals surface area contributed by atoms with Crippen LogP contribution < -0.4 is 4.74 Å². The van der Waals surface area contributed by atoms with Gasteiger partial charge in [-0.1, -0.05) is 32.9 Å². The van der Waals surface area contributed by atoms with Crippen molar-refractivity contribution in [3.63, 3.8) is 0 Å². The second-order valence-electron chi connectivity index (χ2n) is 16.1. The molecule has 0 radical (unpaired) electrons. The van der Waals surface area contributed by atoms with Gasteiger partial charge in [0.05, 0.1) is 38.4 Å². The molecule has 2 bridgehead atoms. The van der Waals surface area contributed by atoms with Gasteiger partial charge < -0.3 is 28.1 Å². The highest BCUT2D eigenvalue weighted by molar-refractivity contribution is 6.74. The van der Waals surface area contributed by atoms with Gasteiger partial charge in [0.1, 0.15) is 5.75 Å². The van der Waals surface area contributed by atoms with Crippen LogP contribution in [0.1, 0.15) is 71.3 Å². The SMILES string of the molecule is COc1ccc(CO[C@@H]2C[C@@H]3C[C@H]2[C@@H]2C[C@@H]4C5C(=O)OC[C@]56CC[C@@H](O[Si](C)(C)C(C)(C)C)C[C@H]6C[C@@H]4O[C@]32OC)cc1. The lowest BCUT2D eigenvalue weighted by Crippen LogP contribution is -2.64. The van der Waals surface area contributed by atoms with E-state index in [0.29, 0.717) is 31.0 Å². The Balaban J connectivity index is 1.09. The minimum absolute atomic E-state index is 0.00689. The molecule has 6 fully saturated rings. The van der Waals surface area contributed by atoms with Crippen LogP contribution in [0.15, 0.2) is 24.3 Å². The molecule has 0 amide bonds. The predicted octanol–water partition coefficient (Wildman–Crippen LogP) is 6.74. The molecule has 4 saturated carbocycles. The van der Waals surface area contributed by atoms with Crippen molar-refractivity contribution in [3.8, 4) is 5.75 Å². The molecule has 1 aromatic carbocycles. The highest BCUT2D eigenvalue weighted by Crippen LogP contribution is 2.68. The van der Waals surface area contributed by atoms with E-state index in [1.165, 1.54) is 0 Å². The number of hydrogen-bond donors (Lipinski definition) is 0. The molecule has 7 nitrogen and oxygen atoms in total. The number of cyclic esters (lactones) is 1. The minimum Gasteiger partial charge on any atom is -0.497 e. The first kappa shape index (κ1) is 30.2. The first-order valence-electron chi connectivity index (χ1n) is 16.7. The summed E-state index contributed by atoms with van der Waals surface area (Å²) < 4.78 is 38.4. The van der Waals surface area contributed by atoms with Gasteiger partial charge in [-0.15, -0.1) is 0 Å². The summed E-state index contributed by atoms with van der Waals surface area (Å²) in [5.41, 5.74) is 1.08. The zero-order valence-electron chi connectivity index (χ0n) is 27.2. The molecule has 8 heteroatoms. The Morgan fingerprint density at radius 2 is 1.74 bits per heavy atom. The van der Waals surface area contributed by atoms with E-state index in [1.807, 2.05) is 19.2 Å². The van der Waals surface area contributed by atoms with E-state index in [2.05, 4.69) is 46.0 Å². The Labute approximate surface area is 258 Å². The maximum atomic E-state index is 13.6. The van der Waals surface area contributed by atoms with E-state index in [-0.39, 0.29) is 52.5 Å². The fraction of sp³-hybridized carbons (Fsp3) is 0.800. The van der Waals surface area contributed by atoms with Gasteiger partial charge in [0, 0.05) is 30.5 Å². The fourth-order valence-electron chi connectivity index (χ4n) is 10.2. The Hall–Kier alpha value is -1.45. The molecule has 7 rings (SSSR count). The van der Waals surface area contributed by atoms with Crippen LogP contribution in [0.4, 0.5) is 0 Å². The predicted molar refractivity (Wildman–Crippen MR) is 165 cm³/mol. The standard InChI is InChI=1S/C35H52O7Si/c1-33(2,3)43(6,7)42-25-12-13-34-20-40-32(36)31(34)27-18-28-26-15-23(35(28,38-5)41-30(27)16-22(34)14-25)17-29(26)39-19-21-8-10-24(37-4)11-9-21/h8-11,22-23,25-31H,12-20H2,1-7H3/t22-,23-,25+,26-,27-,28-,29+,30-,31?,34-,35+/m0/s1. The molecule has 2 aliphatic heterocycles. The van der Waals surface area contributed by atoms with Crippen molar-refractivity contribution in [2.24, 2.45) is 40.9 Å². The molecule has 1 spiro atoms. The number of carbonyl (C=O) groups is 1. The summed E-state index contributed by atoms with van der Waals surface area (Å²) in [6.45, 7) is 12.8. The van der Waals surface area contributed by atoms with Crippen LogP contribution in [0.25, 0.3) is 0 Å². The van der Waals surface area contributed by atoms with Crippen molar-refractivity contribution in [2.75, 3.05) is 20.8 Å². The lowest BCUT2D eigenvalue weighted by atomic mass is 9.50. The lowest BCUT2D eigenvalue weighted by molar-refractivity contribution is -0.349. The number of rotatable bonds is 7. The Morgan fingerprint density at radius 3 is 2.44 bits per heavy atom. The zero-order valence-corrected chi connectivity index (χ0v) is 28.2. The van der Waals surface area contributed by atoms with Crippen LogP contribution in [-0.2, 0) is 34.8 Å². The van der Waals surface area contributed by atoms with Gasteiger partial charge in [0.15, 0.2) is 14.1 Å². The van der Waals surface area contributed by atoms with Crippen LogP contribution >= 0.6 is 0 Å². The van der Waals surface area contributed by atoms with E-state index in [0.717, 1.165) is 56.3 Å². The van der Waals surface area contributed by atoms with Gasteiger partial charge in [-0.05, 0) is 98.5 Å². The van der Waals surface area contributed by atoms with E-state index in [1.54, 1.807) is 7.11 Å². The molecule has 1 unspecified atom stereocenters. The van der Waals surface area contributed by atoms with Gasteiger partial charge in [0.2, 0.25) is 0 Å². The summed E-state index contributed by atoms with van der Waals surface area (Å²) in [6.07, 6.45) is 7.45. The normalized spacial score (nSPS) is 43.4. The Bertz CT molecular complexity index is 1210. The third kappa shape index (κ3) is 4.67. The molecule has 0 N–H and O–H groups in total. The summed E-state index contributed by atoms with van der Waals surface area (Å²) in [5, 5.41) is 0.180. The van der Waals surface area contributed by atoms with Crippen LogP contribution in [0.2, 0.25) is 18.1 Å². The van der Waals surface area contributed by atoms with Gasteiger partial charge in [-0.3, -0.25) is 4.79 Å². The average Bonchev–Trinajstić information content (AvgIpc) is 3.64. The molecule has 1 aromatic rings. The van der Waals surface area contributed by atoms with Crippen molar-refractivity contribution in [3.05, 3.63) is 29.8 Å². The highest BCUT2D eigenvalue weighted by atomic mass is 28.4. The molecular formula is C35H52O7Si. The molecule has 2 heterocycles. The molecule has 0 aromatic heterocycles. The van der Waals surface area contributed by atoms with Gasteiger partial charge in [-0.2, -0.15) is 0 Å². The molecule has 4 aliphatic carbocycles. The largest absolute Gasteiger partial charge is 0.497 e. The maximum Gasteiger partial charge on any atom is 0.310 e. The van der Waals surface area contributed by atoms with Gasteiger partial charge in [-0.25, -0.2) is 0 Å². The summed E-state index contributed by atoms with van der Waals surface area (Å²) in [7, 11) is 1.64. The van der Waals surface area contributed by atoms with Gasteiger partial charge in [0.25, 0.3) is 0 Å². The zero-order chi connectivity index (χ0) is 30.4. The van der Waals surface area contributed by atoms with Crippen LogP contribution in [0.3, 0.4) is 0 Å². The Morgan fingerprint density at radius 1 is 0.977 bits per heavy atom. The highest BCUT2D eigenvalue weighted by Gasteiger charge is 2.72. The van der Waals surface area contributed by atoms with E-state index in [9.17, 15) is 4.79 Å². The summed E-state index contributed by atoms with van der Waals surface area (Å²) >= 11 is 0. The van der Waals surface area contributed by atoms with Crippen LogP contribution in [0.5, 0.6) is 5.75 Å². The summed E-state index contributed by atoms with van der Waals surface area (Å²) in [6, 6.07) is 8.14. The van der Waals surface area contributed by atoms with Crippen molar-refractivity contribution < 1.29 is 32.9 Å². The van der Waals surface area contributed by atoms with E-state index < -0.39 is 14.1 Å². The number of carbonyl (C=O) groups excluding carboxylic acids is 1. The van der Waals surface area contributed by atoms with Crippen LogP contribution in [0, 0.1) is 40.9 Å². The summed E-state index contributed by atoms with van der Waals surface area (Å²) in [5.74, 6) is 1.69. The fourth-order valence-corrected chi connectivity index (χ4v) is 11.6. The maximum absolute atomic E-state index is 13.6. The third-order valence-corrected chi connectivity index (χ3v) is 17.8. The molecule has 6 aliphatic rings. The summed E-state index contributed by atoms with van der Waals surface area (Å²) in [4.78, 5) is 13.6. The number of ether oxygens (including phenoxy) is 5. The second-order valence-corrected chi connectivity index (χ2v) is 20.9. The van der Waals surface area contributed by atoms with Crippen LogP contribution in [-0.4, -0.2) is 59.2 Å². The molecular weight excluding hydrogens is 560 g/mol. The second kappa shape index (κ2) is 10.5. The van der Waals surface area contributed by atoms with Crippen molar-refractivity contribution >= 4 is 14.3 Å². The average molecular weight is 613 g/mol.